The van der Waals surface area contributed by atoms with Gasteiger partial charge in [0.2, 0.25) is 0 Å². The summed E-state index contributed by atoms with van der Waals surface area (Å²) in [7, 11) is 1.88. The average Bonchev–Trinajstić information content (AvgIpc) is 3.33. The van der Waals surface area contributed by atoms with Crippen molar-refractivity contribution in [1.29, 1.82) is 0 Å². The number of halogens is 2. The van der Waals surface area contributed by atoms with E-state index in [0.717, 1.165) is 34.2 Å². The number of hydrogen-bond donors (Lipinski definition) is 3. The number of aromatic nitrogens is 3. The van der Waals surface area contributed by atoms with Crippen LogP contribution in [0.15, 0.2) is 91.6 Å². The Hall–Kier alpha value is -4.85. The number of rotatable bonds is 5. The zero-order valence-corrected chi connectivity index (χ0v) is 19.4. The summed E-state index contributed by atoms with van der Waals surface area (Å²) >= 11 is 0. The van der Waals surface area contributed by atoms with Gasteiger partial charge in [-0.1, -0.05) is 30.9 Å². The molecular weight excluding hydrogens is 460 g/mol. The normalized spacial score (nSPS) is 10.3. The SMILES string of the molecule is C=Cc1ccc(F)cc1F.CNc1ccc(-c2nc3cc(NC(=O)c4ccccc4)ncc3[nH]2)cc1. The van der Waals surface area contributed by atoms with Gasteiger partial charge in [0, 0.05) is 41.6 Å². The summed E-state index contributed by atoms with van der Waals surface area (Å²) in [5.41, 5.74) is 4.49. The molecule has 0 saturated carbocycles. The number of nitrogens with zero attached hydrogens (tertiary/aromatic N) is 2. The van der Waals surface area contributed by atoms with E-state index >= 15 is 0 Å². The number of fused-ring (bicyclic) bond motifs is 1. The third kappa shape index (κ3) is 5.79. The molecule has 0 aliphatic carbocycles. The van der Waals surface area contributed by atoms with E-state index in [1.54, 1.807) is 24.4 Å². The first-order chi connectivity index (χ1) is 17.5. The van der Waals surface area contributed by atoms with Crippen molar-refractivity contribution < 1.29 is 13.6 Å². The fourth-order valence-corrected chi connectivity index (χ4v) is 3.35. The summed E-state index contributed by atoms with van der Waals surface area (Å²) < 4.78 is 24.7. The Morgan fingerprint density at radius 1 is 1.00 bits per heavy atom. The van der Waals surface area contributed by atoms with E-state index in [-0.39, 0.29) is 5.91 Å². The van der Waals surface area contributed by atoms with Gasteiger partial charge in [-0.2, -0.15) is 0 Å². The summed E-state index contributed by atoms with van der Waals surface area (Å²) in [6, 6.07) is 22.1. The van der Waals surface area contributed by atoms with E-state index in [2.05, 4.69) is 32.2 Å². The zero-order valence-electron chi connectivity index (χ0n) is 19.4. The molecule has 0 unspecified atom stereocenters. The predicted octanol–water partition coefficient (Wildman–Crippen LogP) is 6.53. The maximum Gasteiger partial charge on any atom is 0.256 e. The number of carbonyl (C=O) groups excluding carboxylic acids is 1. The molecule has 0 spiro atoms. The third-order valence-corrected chi connectivity index (χ3v) is 5.27. The Labute approximate surface area is 206 Å². The van der Waals surface area contributed by atoms with Crippen LogP contribution in [-0.4, -0.2) is 27.9 Å². The number of pyridine rings is 1. The number of carbonyl (C=O) groups is 1. The molecule has 3 aromatic carbocycles. The Bertz CT molecular complexity index is 1500. The number of hydrogen-bond acceptors (Lipinski definition) is 4. The molecule has 0 fully saturated rings. The molecule has 0 aliphatic heterocycles. The zero-order chi connectivity index (χ0) is 25.5. The molecule has 8 heteroatoms. The van der Waals surface area contributed by atoms with Crippen molar-refractivity contribution in [3.63, 3.8) is 0 Å². The first-order valence-electron chi connectivity index (χ1n) is 11.0. The van der Waals surface area contributed by atoms with Gasteiger partial charge >= 0.3 is 0 Å². The van der Waals surface area contributed by atoms with Crippen LogP contribution in [0.3, 0.4) is 0 Å². The summed E-state index contributed by atoms with van der Waals surface area (Å²) in [5, 5.41) is 5.89. The second kappa shape index (κ2) is 11.1. The standard InChI is InChI=1S/C20H17N5O.C8H6F2/c1-21-15-9-7-13(8-10-15)19-23-16-11-18(22-12-17(16)24-19)25-20(26)14-5-3-2-4-6-14;1-2-6-3-4-7(9)5-8(6)10/h2-12,21H,1H3,(H,23,24)(H,22,25,26);2-5H,1H2. The Kier molecular flexibility index (Phi) is 7.45. The minimum Gasteiger partial charge on any atom is -0.388 e. The van der Waals surface area contributed by atoms with Gasteiger partial charge in [0.1, 0.15) is 23.3 Å². The quantitative estimate of drug-likeness (QED) is 0.266. The molecule has 0 aliphatic rings. The second-order valence-corrected chi connectivity index (χ2v) is 7.69. The molecule has 2 aromatic heterocycles. The molecule has 1 amide bonds. The van der Waals surface area contributed by atoms with Crippen molar-refractivity contribution in [2.24, 2.45) is 0 Å². The number of benzene rings is 3. The van der Waals surface area contributed by atoms with E-state index in [1.165, 1.54) is 18.2 Å². The minimum absolute atomic E-state index is 0.198. The van der Waals surface area contributed by atoms with Crippen LogP contribution in [0.1, 0.15) is 15.9 Å². The smallest absolute Gasteiger partial charge is 0.256 e. The number of imidazole rings is 1. The molecule has 180 valence electrons. The molecule has 0 atom stereocenters. The summed E-state index contributed by atoms with van der Waals surface area (Å²) in [5.74, 6) is -0.111. The maximum absolute atomic E-state index is 12.5. The third-order valence-electron chi connectivity index (χ3n) is 5.27. The van der Waals surface area contributed by atoms with Gasteiger partial charge in [0.15, 0.2) is 0 Å². The highest BCUT2D eigenvalue weighted by Crippen LogP contribution is 2.23. The van der Waals surface area contributed by atoms with Gasteiger partial charge in [0.25, 0.3) is 5.91 Å². The van der Waals surface area contributed by atoms with Crippen molar-refractivity contribution in [3.8, 4) is 11.4 Å². The van der Waals surface area contributed by atoms with Crippen molar-refractivity contribution in [2.45, 2.75) is 0 Å². The summed E-state index contributed by atoms with van der Waals surface area (Å²) in [6.07, 6.45) is 3.02. The van der Waals surface area contributed by atoms with Gasteiger partial charge in [0.05, 0.1) is 17.2 Å². The van der Waals surface area contributed by atoms with Gasteiger partial charge in [-0.3, -0.25) is 4.79 Å². The monoisotopic (exact) mass is 483 g/mol. The van der Waals surface area contributed by atoms with Gasteiger partial charge < -0.3 is 15.6 Å². The fraction of sp³-hybridized carbons (Fsp3) is 0.0357. The molecular formula is C28H23F2N5O. The lowest BCUT2D eigenvalue weighted by Crippen LogP contribution is -2.12. The largest absolute Gasteiger partial charge is 0.388 e. The molecule has 5 rings (SSSR count). The molecule has 3 N–H and O–H groups in total. The van der Waals surface area contributed by atoms with E-state index in [9.17, 15) is 13.6 Å². The van der Waals surface area contributed by atoms with E-state index in [1.807, 2.05) is 49.5 Å². The summed E-state index contributed by atoms with van der Waals surface area (Å²) in [4.78, 5) is 24.4. The molecule has 0 bridgehead atoms. The van der Waals surface area contributed by atoms with Crippen LogP contribution in [0.25, 0.3) is 28.5 Å². The van der Waals surface area contributed by atoms with Crippen molar-refractivity contribution in [1.82, 2.24) is 15.0 Å². The second-order valence-electron chi connectivity index (χ2n) is 7.69. The Morgan fingerprint density at radius 3 is 2.42 bits per heavy atom. The lowest BCUT2D eigenvalue weighted by atomic mass is 10.2. The molecule has 0 saturated heterocycles. The number of nitrogens with one attached hydrogen (secondary N) is 3. The topological polar surface area (TPSA) is 82.7 Å². The molecule has 2 heterocycles. The van der Waals surface area contributed by atoms with Crippen LogP contribution in [0.4, 0.5) is 20.3 Å². The van der Waals surface area contributed by atoms with Gasteiger partial charge in [-0.05, 0) is 48.5 Å². The van der Waals surface area contributed by atoms with Crippen molar-refractivity contribution >= 4 is 34.5 Å². The first-order valence-corrected chi connectivity index (χ1v) is 11.0. The lowest BCUT2D eigenvalue weighted by molar-refractivity contribution is 0.102. The van der Waals surface area contributed by atoms with E-state index < -0.39 is 11.6 Å². The fourth-order valence-electron chi connectivity index (χ4n) is 3.35. The number of aromatic amines is 1. The van der Waals surface area contributed by atoms with Crippen molar-refractivity contribution in [3.05, 3.63) is 114 Å². The van der Waals surface area contributed by atoms with Crippen LogP contribution in [0.5, 0.6) is 0 Å². The minimum atomic E-state index is -0.574. The van der Waals surface area contributed by atoms with Crippen LogP contribution in [0.2, 0.25) is 0 Å². The van der Waals surface area contributed by atoms with Crippen LogP contribution < -0.4 is 10.6 Å². The highest BCUT2D eigenvalue weighted by molar-refractivity contribution is 6.04. The molecule has 6 nitrogen and oxygen atoms in total. The van der Waals surface area contributed by atoms with Crippen LogP contribution in [0, 0.1) is 11.6 Å². The molecule has 36 heavy (non-hydrogen) atoms. The van der Waals surface area contributed by atoms with E-state index in [0.29, 0.717) is 16.9 Å². The Balaban J connectivity index is 0.000000256. The lowest BCUT2D eigenvalue weighted by Gasteiger charge is -2.03. The van der Waals surface area contributed by atoms with Gasteiger partial charge in [-0.15, -0.1) is 0 Å². The van der Waals surface area contributed by atoms with Crippen molar-refractivity contribution in [2.75, 3.05) is 17.7 Å². The van der Waals surface area contributed by atoms with E-state index in [4.69, 9.17) is 0 Å². The highest BCUT2D eigenvalue weighted by atomic mass is 19.1. The first kappa shape index (κ1) is 24.3. The van der Waals surface area contributed by atoms with Crippen LogP contribution >= 0.6 is 0 Å². The maximum atomic E-state index is 12.5. The average molecular weight is 484 g/mol. The Morgan fingerprint density at radius 2 is 1.75 bits per heavy atom. The number of anilines is 2. The summed E-state index contributed by atoms with van der Waals surface area (Å²) in [6.45, 7) is 3.36. The number of amides is 1. The predicted molar refractivity (Wildman–Crippen MR) is 140 cm³/mol. The molecule has 5 aromatic rings. The number of H-pyrrole nitrogens is 1. The van der Waals surface area contributed by atoms with Crippen LogP contribution in [-0.2, 0) is 0 Å². The molecule has 0 radical (unpaired) electrons. The van der Waals surface area contributed by atoms with Gasteiger partial charge in [-0.25, -0.2) is 18.7 Å². The highest BCUT2D eigenvalue weighted by Gasteiger charge is 2.10.